The van der Waals surface area contributed by atoms with Gasteiger partial charge < -0.3 is 9.47 Å². The van der Waals surface area contributed by atoms with Gasteiger partial charge in [0.05, 0.1) is 18.2 Å². The van der Waals surface area contributed by atoms with E-state index >= 15 is 0 Å². The van der Waals surface area contributed by atoms with Crippen molar-refractivity contribution in [2.75, 3.05) is 13.2 Å². The molecule has 1 aromatic rings. The molecule has 0 amide bonds. The fourth-order valence-corrected chi connectivity index (χ4v) is 1.27. The highest BCUT2D eigenvalue weighted by Gasteiger charge is 2.12. The van der Waals surface area contributed by atoms with Crippen LogP contribution in [0.4, 0.5) is 4.39 Å². The minimum Gasteiger partial charge on any atom is -0.483 e. The second-order valence-electron chi connectivity index (χ2n) is 3.57. The van der Waals surface area contributed by atoms with Crippen molar-refractivity contribution in [3.63, 3.8) is 0 Å². The zero-order valence-corrected chi connectivity index (χ0v) is 10.3. The first-order valence-electron chi connectivity index (χ1n) is 5.56. The number of carbonyl (C=O) groups is 2. The summed E-state index contributed by atoms with van der Waals surface area (Å²) in [4.78, 5) is 22.3. The fourth-order valence-electron chi connectivity index (χ4n) is 1.27. The number of rotatable bonds is 6. The second kappa shape index (κ2) is 7.11. The summed E-state index contributed by atoms with van der Waals surface area (Å²) in [6, 6.07) is 5.41. The molecule has 0 aliphatic carbocycles. The number of ketones is 1. The lowest BCUT2D eigenvalue weighted by Crippen LogP contribution is -2.17. The molecule has 0 saturated heterocycles. The lowest BCUT2D eigenvalue weighted by molar-refractivity contribution is -0.145. The summed E-state index contributed by atoms with van der Waals surface area (Å²) >= 11 is 0. The van der Waals surface area contributed by atoms with Crippen LogP contribution in [0.15, 0.2) is 18.2 Å². The van der Waals surface area contributed by atoms with Gasteiger partial charge in [0.15, 0.2) is 17.3 Å². The van der Waals surface area contributed by atoms with Crippen molar-refractivity contribution in [2.24, 2.45) is 0 Å². The Kier molecular flexibility index (Phi) is 5.48. The quantitative estimate of drug-likeness (QED) is 0.576. The largest absolute Gasteiger partial charge is 0.483 e. The summed E-state index contributed by atoms with van der Waals surface area (Å²) in [6.07, 6.45) is -0.411. The van der Waals surface area contributed by atoms with Crippen LogP contribution < -0.4 is 4.74 Å². The number of nitrogens with zero attached hydrogens (tertiary/aromatic N) is 1. The maximum absolute atomic E-state index is 13.4. The topological polar surface area (TPSA) is 76.4 Å². The molecule has 0 saturated carbocycles. The summed E-state index contributed by atoms with van der Waals surface area (Å²) in [6.45, 7) is 1.39. The summed E-state index contributed by atoms with van der Waals surface area (Å²) in [5.74, 6) is -2.03. The van der Waals surface area contributed by atoms with Crippen LogP contribution in [-0.4, -0.2) is 25.0 Å². The Balaban J connectivity index is 2.51. The number of esters is 1. The molecule has 0 fully saturated rings. The summed E-state index contributed by atoms with van der Waals surface area (Å²) in [7, 11) is 0. The van der Waals surface area contributed by atoms with Crippen LogP contribution in [0.2, 0.25) is 0 Å². The van der Waals surface area contributed by atoms with Gasteiger partial charge in [-0.3, -0.25) is 9.59 Å². The Bertz CT molecular complexity index is 522. The van der Waals surface area contributed by atoms with Gasteiger partial charge in [-0.25, -0.2) is 4.39 Å². The molecule has 100 valence electrons. The number of hydrogen-bond donors (Lipinski definition) is 0. The molecule has 0 atom stereocenters. The Labute approximate surface area is 109 Å². The van der Waals surface area contributed by atoms with E-state index in [0.29, 0.717) is 0 Å². The predicted octanol–water partition coefficient (Wildman–Crippen LogP) is 1.60. The normalized spacial score (nSPS) is 9.53. The number of Topliss-reactive ketones (excluding diaryl/α,β-unsaturated/α-hetero) is 1. The van der Waals surface area contributed by atoms with Crippen LogP contribution >= 0.6 is 0 Å². The molecule has 0 aromatic heterocycles. The van der Waals surface area contributed by atoms with Gasteiger partial charge in [0, 0.05) is 0 Å². The maximum atomic E-state index is 13.4. The molecule has 0 aliphatic heterocycles. The lowest BCUT2D eigenvalue weighted by atomic mass is 10.2. The van der Waals surface area contributed by atoms with Gasteiger partial charge >= 0.3 is 5.97 Å². The van der Waals surface area contributed by atoms with E-state index in [1.165, 1.54) is 12.1 Å². The van der Waals surface area contributed by atoms with Gasteiger partial charge in [0.25, 0.3) is 0 Å². The highest BCUT2D eigenvalue weighted by molar-refractivity contribution is 5.96. The molecule has 5 nitrogen and oxygen atoms in total. The molecular weight excluding hydrogens is 253 g/mol. The fraction of sp³-hybridized carbons (Fsp3) is 0.308. The smallest absolute Gasteiger partial charge is 0.313 e. The Hall–Kier alpha value is -2.42. The minimum atomic E-state index is -0.733. The third-order valence-electron chi connectivity index (χ3n) is 2.10. The van der Waals surface area contributed by atoms with Crippen molar-refractivity contribution >= 4 is 11.8 Å². The van der Waals surface area contributed by atoms with Gasteiger partial charge in [-0.1, -0.05) is 0 Å². The van der Waals surface area contributed by atoms with Gasteiger partial charge in [0.1, 0.15) is 13.0 Å². The third kappa shape index (κ3) is 4.76. The van der Waals surface area contributed by atoms with E-state index in [4.69, 9.17) is 10.00 Å². The van der Waals surface area contributed by atoms with Crippen molar-refractivity contribution in [1.29, 1.82) is 5.26 Å². The highest BCUT2D eigenvalue weighted by atomic mass is 19.1. The van der Waals surface area contributed by atoms with E-state index in [-0.39, 0.29) is 17.9 Å². The number of nitriles is 1. The van der Waals surface area contributed by atoms with E-state index in [9.17, 15) is 14.0 Å². The molecule has 1 aromatic carbocycles. The van der Waals surface area contributed by atoms with Crippen LogP contribution in [0.3, 0.4) is 0 Å². The molecule has 0 N–H and O–H groups in total. The first-order valence-corrected chi connectivity index (χ1v) is 5.56. The molecule has 19 heavy (non-hydrogen) atoms. The average molecular weight is 265 g/mol. The van der Waals surface area contributed by atoms with Crippen LogP contribution in [-0.2, 0) is 14.3 Å². The number of carbonyl (C=O) groups excluding carboxylic acids is 2. The maximum Gasteiger partial charge on any atom is 0.313 e. The lowest BCUT2D eigenvalue weighted by Gasteiger charge is -2.06. The van der Waals surface area contributed by atoms with Crippen LogP contribution in [0.1, 0.15) is 18.9 Å². The minimum absolute atomic E-state index is 0.142. The van der Waals surface area contributed by atoms with Crippen LogP contribution in [0.5, 0.6) is 5.75 Å². The molecule has 0 unspecified atom stereocenters. The van der Waals surface area contributed by atoms with Gasteiger partial charge in [0.2, 0.25) is 0 Å². The Morgan fingerprint density at radius 3 is 2.74 bits per heavy atom. The van der Waals surface area contributed by atoms with Crippen molar-refractivity contribution in [3.05, 3.63) is 29.6 Å². The SMILES string of the molecule is CCOC(=O)CC(=O)COc1ccc(C#N)cc1F. The van der Waals surface area contributed by atoms with Crippen molar-refractivity contribution < 1.29 is 23.5 Å². The van der Waals surface area contributed by atoms with Gasteiger partial charge in [-0.15, -0.1) is 0 Å². The van der Waals surface area contributed by atoms with Crippen molar-refractivity contribution in [2.45, 2.75) is 13.3 Å². The first kappa shape index (κ1) is 14.6. The monoisotopic (exact) mass is 265 g/mol. The average Bonchev–Trinajstić information content (AvgIpc) is 2.37. The number of hydrogen-bond acceptors (Lipinski definition) is 5. The third-order valence-corrected chi connectivity index (χ3v) is 2.10. The predicted molar refractivity (Wildman–Crippen MR) is 62.9 cm³/mol. The van der Waals surface area contributed by atoms with E-state index in [1.54, 1.807) is 13.0 Å². The molecule has 0 bridgehead atoms. The molecule has 0 heterocycles. The molecule has 1 rings (SSSR count). The van der Waals surface area contributed by atoms with E-state index in [0.717, 1.165) is 6.07 Å². The van der Waals surface area contributed by atoms with Gasteiger partial charge in [-0.05, 0) is 25.1 Å². The number of ether oxygens (including phenoxy) is 2. The highest BCUT2D eigenvalue weighted by Crippen LogP contribution is 2.17. The van der Waals surface area contributed by atoms with Gasteiger partial charge in [-0.2, -0.15) is 5.26 Å². The van der Waals surface area contributed by atoms with Crippen molar-refractivity contribution in [1.82, 2.24) is 0 Å². The summed E-state index contributed by atoms with van der Waals surface area (Å²) in [5.41, 5.74) is 0.155. The van der Waals surface area contributed by atoms with Crippen LogP contribution in [0.25, 0.3) is 0 Å². The molecular formula is C13H12FNO4. The number of benzene rings is 1. The van der Waals surface area contributed by atoms with E-state index < -0.39 is 30.6 Å². The summed E-state index contributed by atoms with van der Waals surface area (Å²) < 4.78 is 22.9. The zero-order chi connectivity index (χ0) is 14.3. The molecule has 0 aliphatic rings. The number of halogens is 1. The molecule has 6 heteroatoms. The first-order chi connectivity index (χ1) is 9.06. The summed E-state index contributed by atoms with van der Waals surface area (Å²) in [5, 5.41) is 8.56. The molecule has 0 spiro atoms. The zero-order valence-electron chi connectivity index (χ0n) is 10.3. The Morgan fingerprint density at radius 2 is 2.16 bits per heavy atom. The van der Waals surface area contributed by atoms with Crippen molar-refractivity contribution in [3.8, 4) is 11.8 Å². The van der Waals surface area contributed by atoms with E-state index in [2.05, 4.69) is 4.74 Å². The molecule has 0 radical (unpaired) electrons. The van der Waals surface area contributed by atoms with Crippen LogP contribution in [0, 0.1) is 17.1 Å². The standard InChI is InChI=1S/C13H12FNO4/c1-2-18-13(17)6-10(16)8-19-12-4-3-9(7-15)5-11(12)14/h3-5H,2,6,8H2,1H3. The van der Waals surface area contributed by atoms with E-state index in [1.807, 2.05) is 0 Å². The Morgan fingerprint density at radius 1 is 1.42 bits per heavy atom. The second-order valence-corrected chi connectivity index (χ2v) is 3.57.